The van der Waals surface area contributed by atoms with E-state index in [9.17, 15) is 14.7 Å². The third-order valence-corrected chi connectivity index (χ3v) is 7.76. The number of esters is 1. The Balaban J connectivity index is 1.58. The Labute approximate surface area is 211 Å². The van der Waals surface area contributed by atoms with Crippen molar-refractivity contribution in [2.45, 2.75) is 75.7 Å². The van der Waals surface area contributed by atoms with E-state index in [0.717, 1.165) is 17.7 Å². The zero-order valence-corrected chi connectivity index (χ0v) is 21.5. The fraction of sp³-hybridized carbons (Fsp3) is 0.500. The largest absolute Gasteiger partial charge is 0.479 e. The van der Waals surface area contributed by atoms with Gasteiger partial charge in [-0.15, -0.1) is 0 Å². The Morgan fingerprint density at radius 1 is 1.28 bits per heavy atom. The first-order valence-electron chi connectivity index (χ1n) is 12.5. The van der Waals surface area contributed by atoms with Gasteiger partial charge in [0.05, 0.1) is 16.7 Å². The van der Waals surface area contributed by atoms with Gasteiger partial charge in [-0.2, -0.15) is 0 Å². The lowest BCUT2D eigenvalue weighted by atomic mass is 9.50. The van der Waals surface area contributed by atoms with Crippen molar-refractivity contribution in [1.82, 2.24) is 4.90 Å². The number of likely N-dealkylation sites (N-methyl/N-ethyl adjacent to an activating group) is 1. The molecule has 1 fully saturated rings. The van der Waals surface area contributed by atoms with Crippen LogP contribution in [0.15, 0.2) is 48.3 Å². The highest BCUT2D eigenvalue weighted by atomic mass is 16.6. The molecular formula is C28H34N2O6. The molecule has 1 aromatic rings. The van der Waals surface area contributed by atoms with Crippen LogP contribution in [0.3, 0.4) is 0 Å². The number of rotatable bonds is 4. The van der Waals surface area contributed by atoms with Crippen molar-refractivity contribution in [2.75, 3.05) is 18.9 Å². The smallest absolute Gasteiger partial charge is 0.412 e. The van der Waals surface area contributed by atoms with Crippen LogP contribution in [0.1, 0.15) is 51.7 Å². The third kappa shape index (κ3) is 3.66. The minimum atomic E-state index is -1.11. The van der Waals surface area contributed by atoms with Gasteiger partial charge >= 0.3 is 12.1 Å². The topological polar surface area (TPSA) is 97.3 Å². The molecule has 1 spiro atoms. The van der Waals surface area contributed by atoms with E-state index in [4.69, 9.17) is 14.2 Å². The number of allylic oxidation sites excluding steroid dienone is 3. The molecule has 2 aliphatic carbocycles. The van der Waals surface area contributed by atoms with E-state index >= 15 is 0 Å². The monoisotopic (exact) mass is 494 g/mol. The predicted octanol–water partition coefficient (Wildman–Crippen LogP) is 3.99. The third-order valence-electron chi connectivity index (χ3n) is 7.76. The summed E-state index contributed by atoms with van der Waals surface area (Å²) in [6.07, 6.45) is 8.69. The molecule has 1 amide bonds. The molecule has 5 rings (SSSR count). The van der Waals surface area contributed by atoms with Crippen LogP contribution >= 0.6 is 0 Å². The fourth-order valence-electron chi connectivity index (χ4n) is 6.36. The Bertz CT molecular complexity index is 1200. The molecule has 4 atom stereocenters. The number of aliphatic hydroxyl groups is 1. The highest BCUT2D eigenvalue weighted by Gasteiger charge is 2.72. The summed E-state index contributed by atoms with van der Waals surface area (Å²) in [6.45, 7) is 8.03. The standard InChI is InChI=1S/C28H34N2O6/c1-6-7-8-9-21(31)34-19-12-13-28(33)20-16-17-10-11-18(29-25(32)36-26(2,3)4)23-22(17)27(28,24(19)35-23)14-15-30(20)5/h6-12,20,24,33H,13-16H2,1-5H3,(H,29,32)/b7-6+,9-8+/t20-,24+,27+,28-/m1/s1. The van der Waals surface area contributed by atoms with Crippen LogP contribution in [-0.4, -0.2) is 59.0 Å². The molecule has 2 N–H and O–H groups in total. The number of likely N-dealkylation sites (tertiary alicyclic amines) is 1. The molecule has 2 heterocycles. The average molecular weight is 495 g/mol. The second-order valence-electron chi connectivity index (χ2n) is 11.1. The predicted molar refractivity (Wildman–Crippen MR) is 135 cm³/mol. The lowest BCUT2D eigenvalue weighted by molar-refractivity contribution is -0.168. The van der Waals surface area contributed by atoms with Crippen molar-refractivity contribution in [3.8, 4) is 5.75 Å². The number of carbonyl (C=O) groups is 2. The average Bonchev–Trinajstić information content (AvgIpc) is 3.14. The summed E-state index contributed by atoms with van der Waals surface area (Å²) >= 11 is 0. The summed E-state index contributed by atoms with van der Waals surface area (Å²) < 4.78 is 17.8. The van der Waals surface area contributed by atoms with Crippen molar-refractivity contribution < 1.29 is 28.9 Å². The van der Waals surface area contributed by atoms with Gasteiger partial charge in [0.15, 0.2) is 6.10 Å². The summed E-state index contributed by atoms with van der Waals surface area (Å²) in [5.74, 6) is 0.400. The number of carbonyl (C=O) groups excluding carboxylic acids is 2. The van der Waals surface area contributed by atoms with Crippen LogP contribution in [0, 0.1) is 0 Å². The first-order valence-corrected chi connectivity index (χ1v) is 12.5. The Morgan fingerprint density at radius 2 is 2.06 bits per heavy atom. The number of nitrogens with one attached hydrogen (secondary N) is 1. The Morgan fingerprint density at radius 3 is 2.78 bits per heavy atom. The van der Waals surface area contributed by atoms with E-state index in [-0.39, 0.29) is 6.04 Å². The van der Waals surface area contributed by atoms with Crippen LogP contribution in [0.4, 0.5) is 10.5 Å². The number of benzene rings is 1. The van der Waals surface area contributed by atoms with E-state index in [1.54, 1.807) is 39.0 Å². The summed E-state index contributed by atoms with van der Waals surface area (Å²) in [6, 6.07) is 3.71. The number of ether oxygens (including phenoxy) is 3. The SMILES string of the molecule is C/C=C/C=C/C(=O)OC1=CC[C@@]2(O)[C@H]3Cc4ccc(NC(=O)OC(C)(C)C)c5c4[C@@]2(CCN3C)[C@H]1O5. The first kappa shape index (κ1) is 24.6. The zero-order chi connectivity index (χ0) is 25.9. The summed E-state index contributed by atoms with van der Waals surface area (Å²) in [5.41, 5.74) is -0.105. The van der Waals surface area contributed by atoms with Crippen LogP contribution < -0.4 is 10.1 Å². The van der Waals surface area contributed by atoms with Gasteiger partial charge in [-0.3, -0.25) is 5.32 Å². The van der Waals surface area contributed by atoms with Crippen LogP contribution in [0.25, 0.3) is 0 Å². The molecule has 4 aliphatic rings. The highest BCUT2D eigenvalue weighted by molar-refractivity contribution is 5.89. The van der Waals surface area contributed by atoms with Gasteiger partial charge < -0.3 is 24.2 Å². The summed E-state index contributed by atoms with van der Waals surface area (Å²) in [4.78, 5) is 27.4. The van der Waals surface area contributed by atoms with Gasteiger partial charge in [-0.25, -0.2) is 9.59 Å². The van der Waals surface area contributed by atoms with Gasteiger partial charge in [0.1, 0.15) is 17.1 Å². The molecule has 36 heavy (non-hydrogen) atoms. The van der Waals surface area contributed by atoms with E-state index in [0.29, 0.717) is 36.5 Å². The van der Waals surface area contributed by atoms with Crippen molar-refractivity contribution in [3.05, 3.63) is 59.4 Å². The molecule has 8 nitrogen and oxygen atoms in total. The molecule has 0 saturated carbocycles. The van der Waals surface area contributed by atoms with Crippen molar-refractivity contribution in [1.29, 1.82) is 0 Å². The van der Waals surface area contributed by atoms with Crippen molar-refractivity contribution in [3.63, 3.8) is 0 Å². The molecule has 0 unspecified atom stereocenters. The molecular weight excluding hydrogens is 460 g/mol. The molecule has 2 aliphatic heterocycles. The number of piperidine rings is 1. The normalized spacial score (nSPS) is 30.6. The Kier molecular flexibility index (Phi) is 5.80. The maximum Gasteiger partial charge on any atom is 0.412 e. The minimum absolute atomic E-state index is 0.108. The quantitative estimate of drug-likeness (QED) is 0.371. The number of amides is 1. The maximum absolute atomic E-state index is 12.6. The summed E-state index contributed by atoms with van der Waals surface area (Å²) in [7, 11) is 2.04. The summed E-state index contributed by atoms with van der Waals surface area (Å²) in [5, 5.41) is 15.1. The second-order valence-corrected chi connectivity index (χ2v) is 11.1. The number of nitrogens with zero attached hydrogens (tertiary/aromatic N) is 1. The molecule has 1 aromatic carbocycles. The van der Waals surface area contributed by atoms with Crippen LogP contribution in [-0.2, 0) is 26.1 Å². The van der Waals surface area contributed by atoms with Crippen molar-refractivity contribution >= 4 is 17.7 Å². The van der Waals surface area contributed by atoms with E-state index < -0.39 is 34.8 Å². The van der Waals surface area contributed by atoms with E-state index in [2.05, 4.69) is 10.2 Å². The number of hydrogen-bond donors (Lipinski definition) is 2. The molecule has 192 valence electrons. The zero-order valence-electron chi connectivity index (χ0n) is 21.5. The Hall–Kier alpha value is -3.10. The van der Waals surface area contributed by atoms with Crippen LogP contribution in [0.5, 0.6) is 5.75 Å². The van der Waals surface area contributed by atoms with E-state index in [1.807, 2.05) is 32.2 Å². The number of anilines is 1. The molecule has 8 heteroatoms. The van der Waals surface area contributed by atoms with E-state index in [1.165, 1.54) is 6.08 Å². The molecule has 0 aromatic heterocycles. The molecule has 0 radical (unpaired) electrons. The van der Waals surface area contributed by atoms with Gasteiger partial charge in [-0.05, 0) is 71.8 Å². The minimum Gasteiger partial charge on any atom is -0.479 e. The van der Waals surface area contributed by atoms with Crippen molar-refractivity contribution in [2.24, 2.45) is 0 Å². The van der Waals surface area contributed by atoms with Gasteiger partial charge in [0, 0.05) is 24.1 Å². The lowest BCUT2D eigenvalue weighted by Gasteiger charge is -2.61. The van der Waals surface area contributed by atoms with Gasteiger partial charge in [-0.1, -0.05) is 24.3 Å². The fourth-order valence-corrected chi connectivity index (χ4v) is 6.36. The second kappa shape index (κ2) is 8.49. The molecule has 1 saturated heterocycles. The molecule has 2 bridgehead atoms. The first-order chi connectivity index (χ1) is 17.0. The lowest BCUT2D eigenvalue weighted by Crippen LogP contribution is -2.74. The highest BCUT2D eigenvalue weighted by Crippen LogP contribution is 2.65. The van der Waals surface area contributed by atoms with Gasteiger partial charge in [0.25, 0.3) is 0 Å². The van der Waals surface area contributed by atoms with Gasteiger partial charge in [0.2, 0.25) is 0 Å². The maximum atomic E-state index is 12.6. The van der Waals surface area contributed by atoms with Crippen LogP contribution in [0.2, 0.25) is 0 Å². The number of hydrogen-bond acceptors (Lipinski definition) is 7.